The van der Waals surface area contributed by atoms with Crippen LogP contribution in [0.2, 0.25) is 0 Å². The third kappa shape index (κ3) is 3.82. The summed E-state index contributed by atoms with van der Waals surface area (Å²) in [5.74, 6) is -2.93. The van der Waals surface area contributed by atoms with Gasteiger partial charge in [0, 0.05) is 23.4 Å². The number of esters is 1. The van der Waals surface area contributed by atoms with E-state index >= 15 is 4.39 Å². The molecular weight excluding hydrogens is 440 g/mol. The fraction of sp³-hybridized carbons (Fsp3) is 0.200. The molecule has 0 atom stereocenters. The molecule has 0 bridgehead atoms. The summed E-state index contributed by atoms with van der Waals surface area (Å²) in [6.07, 6.45) is 1.18. The summed E-state index contributed by atoms with van der Waals surface area (Å²) in [5, 5.41) is -0.305. The van der Waals surface area contributed by atoms with Gasteiger partial charge in [-0.2, -0.15) is 0 Å². The zero-order valence-corrected chi connectivity index (χ0v) is 17.5. The summed E-state index contributed by atoms with van der Waals surface area (Å²) < 4.78 is 59.2. The molecule has 0 fully saturated rings. The van der Waals surface area contributed by atoms with E-state index in [0.717, 1.165) is 18.2 Å². The summed E-state index contributed by atoms with van der Waals surface area (Å²) in [6, 6.07) is 5.53. The SMILES string of the molecule is CCOC(=O)c1cn(CC)c2c(F)c(-c3ccc(S(=O)(=O)Cl)cc3)c(F)cc2c1=O. The predicted octanol–water partition coefficient (Wildman–Crippen LogP) is 4.07. The van der Waals surface area contributed by atoms with Gasteiger partial charge in [-0.3, -0.25) is 4.79 Å². The van der Waals surface area contributed by atoms with Gasteiger partial charge in [-0.1, -0.05) is 12.1 Å². The van der Waals surface area contributed by atoms with E-state index in [4.69, 9.17) is 15.4 Å². The van der Waals surface area contributed by atoms with Crippen LogP contribution in [-0.4, -0.2) is 25.6 Å². The molecule has 0 aliphatic rings. The first kappa shape index (κ1) is 21.9. The van der Waals surface area contributed by atoms with Crippen LogP contribution in [0.5, 0.6) is 0 Å². The number of aryl methyl sites for hydroxylation is 1. The molecule has 0 saturated carbocycles. The lowest BCUT2D eigenvalue weighted by molar-refractivity contribution is 0.0524. The molecule has 0 unspecified atom stereocenters. The molecule has 0 N–H and O–H groups in total. The second-order valence-corrected chi connectivity index (χ2v) is 8.85. The van der Waals surface area contributed by atoms with E-state index in [9.17, 15) is 22.4 Å². The van der Waals surface area contributed by atoms with Crippen molar-refractivity contribution in [1.29, 1.82) is 0 Å². The lowest BCUT2D eigenvalue weighted by Gasteiger charge is -2.15. The van der Waals surface area contributed by atoms with Crippen molar-refractivity contribution in [3.8, 4) is 11.1 Å². The molecule has 10 heteroatoms. The molecule has 3 rings (SSSR count). The van der Waals surface area contributed by atoms with Gasteiger partial charge in [0.25, 0.3) is 9.05 Å². The first-order valence-electron chi connectivity index (χ1n) is 8.87. The number of nitrogens with zero attached hydrogens (tertiary/aromatic N) is 1. The third-order valence-corrected chi connectivity index (χ3v) is 5.88. The minimum atomic E-state index is -4.00. The van der Waals surface area contributed by atoms with Gasteiger partial charge in [0.15, 0.2) is 5.82 Å². The van der Waals surface area contributed by atoms with Crippen molar-refractivity contribution in [1.82, 2.24) is 4.57 Å². The molecular formula is C20H16ClF2NO5S. The first-order chi connectivity index (χ1) is 14.1. The minimum Gasteiger partial charge on any atom is -0.462 e. The second kappa shape index (κ2) is 8.16. The van der Waals surface area contributed by atoms with Gasteiger partial charge in [-0.05, 0) is 37.6 Å². The van der Waals surface area contributed by atoms with Crippen LogP contribution in [0.15, 0.2) is 46.2 Å². The van der Waals surface area contributed by atoms with Gasteiger partial charge < -0.3 is 9.30 Å². The highest BCUT2D eigenvalue weighted by Gasteiger charge is 2.23. The Morgan fingerprint density at radius 3 is 2.33 bits per heavy atom. The maximum absolute atomic E-state index is 15.4. The van der Waals surface area contributed by atoms with Gasteiger partial charge in [-0.25, -0.2) is 22.0 Å². The number of halogens is 3. The lowest BCUT2D eigenvalue weighted by atomic mass is 10.0. The lowest BCUT2D eigenvalue weighted by Crippen LogP contribution is -2.21. The number of fused-ring (bicyclic) bond motifs is 1. The highest BCUT2D eigenvalue weighted by molar-refractivity contribution is 8.13. The van der Waals surface area contributed by atoms with Gasteiger partial charge >= 0.3 is 5.97 Å². The molecule has 158 valence electrons. The zero-order valence-electron chi connectivity index (χ0n) is 15.9. The topological polar surface area (TPSA) is 82.4 Å². The average molecular weight is 456 g/mol. The van der Waals surface area contributed by atoms with Crippen molar-refractivity contribution >= 4 is 36.6 Å². The summed E-state index contributed by atoms with van der Waals surface area (Å²) in [5.41, 5.74) is -1.73. The molecule has 1 heterocycles. The fourth-order valence-electron chi connectivity index (χ4n) is 3.14. The minimum absolute atomic E-state index is 0.0398. The number of hydrogen-bond acceptors (Lipinski definition) is 5. The van der Waals surface area contributed by atoms with E-state index in [0.29, 0.717) is 0 Å². The summed E-state index contributed by atoms with van der Waals surface area (Å²) in [6.45, 7) is 3.47. The summed E-state index contributed by atoms with van der Waals surface area (Å²) in [4.78, 5) is 24.5. The number of carbonyl (C=O) groups excluding carboxylic acids is 1. The van der Waals surface area contributed by atoms with Gasteiger partial charge in [0.2, 0.25) is 5.43 Å². The normalized spacial score (nSPS) is 11.6. The Labute approximate surface area is 175 Å². The molecule has 0 aliphatic heterocycles. The predicted molar refractivity (Wildman–Crippen MR) is 108 cm³/mol. The van der Waals surface area contributed by atoms with Crippen molar-refractivity contribution in [3.63, 3.8) is 0 Å². The number of benzene rings is 2. The molecule has 0 saturated heterocycles. The fourth-order valence-corrected chi connectivity index (χ4v) is 3.91. The van der Waals surface area contributed by atoms with Gasteiger partial charge in [0.05, 0.1) is 28.0 Å². The maximum Gasteiger partial charge on any atom is 0.343 e. The molecule has 0 radical (unpaired) electrons. The molecule has 2 aromatic carbocycles. The van der Waals surface area contributed by atoms with Crippen LogP contribution in [0, 0.1) is 11.6 Å². The Morgan fingerprint density at radius 2 is 1.80 bits per heavy atom. The second-order valence-electron chi connectivity index (χ2n) is 6.28. The van der Waals surface area contributed by atoms with E-state index in [2.05, 4.69) is 0 Å². The molecule has 1 aromatic heterocycles. The standard InChI is InChI=1S/C20H16ClF2NO5S/c1-3-24-10-14(20(26)29-4-2)19(25)13-9-15(22)16(17(23)18(13)24)11-5-7-12(8-6-11)30(21,27)28/h5-10H,3-4H2,1-2H3. The number of rotatable bonds is 5. The summed E-state index contributed by atoms with van der Waals surface area (Å²) in [7, 11) is 1.27. The maximum atomic E-state index is 15.4. The Morgan fingerprint density at radius 1 is 1.17 bits per heavy atom. The van der Waals surface area contributed by atoms with Crippen molar-refractivity contribution in [3.05, 3.63) is 63.9 Å². The quantitative estimate of drug-likeness (QED) is 0.428. The zero-order chi connectivity index (χ0) is 22.2. The van der Waals surface area contributed by atoms with Crippen LogP contribution >= 0.6 is 10.7 Å². The Bertz CT molecular complexity index is 1320. The monoisotopic (exact) mass is 455 g/mol. The summed E-state index contributed by atoms with van der Waals surface area (Å²) >= 11 is 0. The number of ether oxygens (including phenoxy) is 1. The number of hydrogen-bond donors (Lipinski definition) is 0. The van der Waals surface area contributed by atoms with E-state index in [1.54, 1.807) is 13.8 Å². The highest BCUT2D eigenvalue weighted by Crippen LogP contribution is 2.32. The number of carbonyl (C=O) groups is 1. The Hall–Kier alpha value is -2.78. The van der Waals surface area contributed by atoms with E-state index in [-0.39, 0.29) is 40.1 Å². The van der Waals surface area contributed by atoms with E-state index < -0.39 is 37.6 Å². The van der Waals surface area contributed by atoms with Crippen molar-refractivity contribution in [2.45, 2.75) is 25.3 Å². The van der Waals surface area contributed by atoms with E-state index in [1.807, 2.05) is 0 Å². The van der Waals surface area contributed by atoms with Gasteiger partial charge in [-0.15, -0.1) is 0 Å². The molecule has 3 aromatic rings. The number of pyridine rings is 1. The number of aromatic nitrogens is 1. The van der Waals surface area contributed by atoms with Crippen LogP contribution in [0.4, 0.5) is 8.78 Å². The Balaban J connectivity index is 2.31. The first-order valence-corrected chi connectivity index (χ1v) is 11.2. The molecule has 0 amide bonds. The highest BCUT2D eigenvalue weighted by atomic mass is 35.7. The smallest absolute Gasteiger partial charge is 0.343 e. The Kier molecular flexibility index (Phi) is 5.96. The van der Waals surface area contributed by atoms with Gasteiger partial charge in [0.1, 0.15) is 11.4 Å². The van der Waals surface area contributed by atoms with Crippen LogP contribution in [0.3, 0.4) is 0 Å². The average Bonchev–Trinajstić information content (AvgIpc) is 2.68. The largest absolute Gasteiger partial charge is 0.462 e. The van der Waals surface area contributed by atoms with Crippen LogP contribution in [-0.2, 0) is 20.3 Å². The molecule has 6 nitrogen and oxygen atoms in total. The van der Waals surface area contributed by atoms with Crippen LogP contribution in [0.1, 0.15) is 24.2 Å². The van der Waals surface area contributed by atoms with Crippen LogP contribution < -0.4 is 5.43 Å². The molecule has 0 spiro atoms. The van der Waals surface area contributed by atoms with E-state index in [1.165, 1.54) is 22.9 Å². The van der Waals surface area contributed by atoms with Crippen LogP contribution in [0.25, 0.3) is 22.0 Å². The third-order valence-electron chi connectivity index (χ3n) is 4.51. The molecule has 0 aliphatic carbocycles. The molecule has 30 heavy (non-hydrogen) atoms. The van der Waals surface area contributed by atoms with Crippen molar-refractivity contribution in [2.24, 2.45) is 0 Å². The van der Waals surface area contributed by atoms with Crippen molar-refractivity contribution in [2.75, 3.05) is 6.61 Å². The van der Waals surface area contributed by atoms with Crippen molar-refractivity contribution < 1.29 is 26.7 Å².